The van der Waals surface area contributed by atoms with Gasteiger partial charge in [0.15, 0.2) is 5.82 Å². The molecule has 0 radical (unpaired) electrons. The Morgan fingerprint density at radius 3 is 3.06 bits per heavy atom. The van der Waals surface area contributed by atoms with Crippen LogP contribution in [0.1, 0.15) is 0 Å². The van der Waals surface area contributed by atoms with E-state index in [1.807, 2.05) is 0 Å². The smallest absolute Gasteiger partial charge is 0.176 e. The molecular weight excluding hydrogens is 230 g/mol. The van der Waals surface area contributed by atoms with Crippen LogP contribution in [0.2, 0.25) is 0 Å². The first-order valence-electron chi connectivity index (χ1n) is 5.41. The Bertz CT molecular complexity index is 806. The van der Waals surface area contributed by atoms with E-state index in [1.54, 1.807) is 11.3 Å². The molecule has 0 atom stereocenters. The summed E-state index contributed by atoms with van der Waals surface area (Å²) in [6, 6.07) is 12.5. The van der Waals surface area contributed by atoms with Gasteiger partial charge in [0.25, 0.3) is 0 Å². The van der Waals surface area contributed by atoms with Gasteiger partial charge in [0.2, 0.25) is 0 Å². The van der Waals surface area contributed by atoms with Crippen molar-refractivity contribution in [1.82, 2.24) is 14.8 Å². The zero-order valence-corrected chi connectivity index (χ0v) is 9.74. The molecule has 0 saturated carbocycles. The Morgan fingerprint density at radius 2 is 2.06 bits per heavy atom. The third-order valence-corrected chi connectivity index (χ3v) is 3.89. The number of benzene rings is 1. The van der Waals surface area contributed by atoms with Crippen molar-refractivity contribution in [2.24, 2.45) is 0 Å². The fraction of sp³-hybridized carbons (Fsp3) is 0. The van der Waals surface area contributed by atoms with Gasteiger partial charge in [-0.2, -0.15) is 5.10 Å². The number of nitrogens with zero attached hydrogens (tertiary/aromatic N) is 2. The van der Waals surface area contributed by atoms with Gasteiger partial charge >= 0.3 is 0 Å². The number of thiophene rings is 1. The standard InChI is InChI=1S/C13H9N3S/c1-2-4-11-9(3-1)5-7-16(11)13-12-10(14-15-13)6-8-17-12/h1-8H,(H,14,15). The molecule has 0 spiro atoms. The molecule has 0 aliphatic rings. The zero-order chi connectivity index (χ0) is 11.2. The topological polar surface area (TPSA) is 33.6 Å². The first-order chi connectivity index (χ1) is 8.43. The highest BCUT2D eigenvalue weighted by Gasteiger charge is 2.10. The quantitative estimate of drug-likeness (QED) is 0.541. The molecule has 4 heteroatoms. The molecule has 3 nitrogen and oxygen atoms in total. The van der Waals surface area contributed by atoms with Crippen LogP contribution in [0.15, 0.2) is 48.0 Å². The van der Waals surface area contributed by atoms with Crippen molar-refractivity contribution in [1.29, 1.82) is 0 Å². The van der Waals surface area contributed by atoms with Crippen molar-refractivity contribution in [3.63, 3.8) is 0 Å². The van der Waals surface area contributed by atoms with E-state index in [2.05, 4.69) is 62.7 Å². The summed E-state index contributed by atoms with van der Waals surface area (Å²) >= 11 is 1.71. The van der Waals surface area contributed by atoms with E-state index in [1.165, 1.54) is 15.6 Å². The lowest BCUT2D eigenvalue weighted by molar-refractivity contribution is 1.00. The summed E-state index contributed by atoms with van der Waals surface area (Å²) in [5.41, 5.74) is 2.29. The van der Waals surface area contributed by atoms with Gasteiger partial charge in [-0.3, -0.25) is 9.67 Å². The Morgan fingerprint density at radius 1 is 1.12 bits per heavy atom. The molecule has 3 heterocycles. The first-order valence-corrected chi connectivity index (χ1v) is 6.29. The van der Waals surface area contributed by atoms with Crippen LogP contribution >= 0.6 is 11.3 Å². The van der Waals surface area contributed by atoms with E-state index in [-0.39, 0.29) is 0 Å². The summed E-state index contributed by atoms with van der Waals surface area (Å²) in [4.78, 5) is 0. The Labute approximate surface area is 101 Å². The first kappa shape index (κ1) is 9.01. The van der Waals surface area contributed by atoms with Crippen molar-refractivity contribution < 1.29 is 0 Å². The monoisotopic (exact) mass is 239 g/mol. The summed E-state index contributed by atoms with van der Waals surface area (Å²) < 4.78 is 3.33. The van der Waals surface area contributed by atoms with Gasteiger partial charge in [-0.15, -0.1) is 11.3 Å². The SMILES string of the molecule is c1ccc2c(c1)ccn2-c1n[nH]c2ccsc12. The number of H-pyrrole nitrogens is 1. The maximum Gasteiger partial charge on any atom is 0.176 e. The molecule has 1 N–H and O–H groups in total. The van der Waals surface area contributed by atoms with E-state index in [9.17, 15) is 0 Å². The van der Waals surface area contributed by atoms with Crippen LogP contribution in [-0.4, -0.2) is 14.8 Å². The highest BCUT2D eigenvalue weighted by Crippen LogP contribution is 2.28. The number of para-hydroxylation sites is 1. The predicted octanol–water partition coefficient (Wildman–Crippen LogP) is 3.57. The lowest BCUT2D eigenvalue weighted by Gasteiger charge is -2.00. The van der Waals surface area contributed by atoms with Crippen LogP contribution in [0, 0.1) is 0 Å². The molecule has 0 amide bonds. The third kappa shape index (κ3) is 1.18. The van der Waals surface area contributed by atoms with Crippen molar-refractivity contribution in [2.75, 3.05) is 0 Å². The number of hydrogen-bond acceptors (Lipinski definition) is 2. The highest BCUT2D eigenvalue weighted by atomic mass is 32.1. The summed E-state index contributed by atoms with van der Waals surface area (Å²) in [7, 11) is 0. The lowest BCUT2D eigenvalue weighted by atomic mass is 10.2. The van der Waals surface area contributed by atoms with Crippen LogP contribution in [0.25, 0.3) is 26.9 Å². The molecule has 3 aromatic heterocycles. The van der Waals surface area contributed by atoms with E-state index in [4.69, 9.17) is 0 Å². The molecular formula is C13H9N3S. The molecule has 0 saturated heterocycles. The molecule has 0 aliphatic carbocycles. The van der Waals surface area contributed by atoms with Gasteiger partial charge in [0.1, 0.15) is 0 Å². The second-order valence-corrected chi connectivity index (χ2v) is 4.87. The summed E-state index contributed by atoms with van der Waals surface area (Å²) in [5.74, 6) is 0.983. The number of nitrogens with one attached hydrogen (secondary N) is 1. The maximum atomic E-state index is 4.40. The fourth-order valence-electron chi connectivity index (χ4n) is 2.17. The minimum Gasteiger partial charge on any atom is -0.299 e. The Kier molecular flexibility index (Phi) is 1.70. The van der Waals surface area contributed by atoms with E-state index in [0.29, 0.717) is 0 Å². The van der Waals surface area contributed by atoms with Crippen LogP contribution in [0.4, 0.5) is 0 Å². The number of hydrogen-bond donors (Lipinski definition) is 1. The lowest BCUT2D eigenvalue weighted by Crippen LogP contribution is -1.91. The van der Waals surface area contributed by atoms with Crippen molar-refractivity contribution >= 4 is 32.5 Å². The molecule has 0 aliphatic heterocycles. The molecule has 17 heavy (non-hydrogen) atoms. The largest absolute Gasteiger partial charge is 0.299 e. The van der Waals surface area contributed by atoms with E-state index < -0.39 is 0 Å². The minimum atomic E-state index is 0.983. The van der Waals surface area contributed by atoms with Crippen LogP contribution in [0.5, 0.6) is 0 Å². The Hall–Kier alpha value is -2.07. The van der Waals surface area contributed by atoms with Crippen LogP contribution < -0.4 is 0 Å². The molecule has 0 unspecified atom stereocenters. The fourth-order valence-corrected chi connectivity index (χ4v) is 3.00. The van der Waals surface area contributed by atoms with Gasteiger partial charge in [-0.25, -0.2) is 0 Å². The van der Waals surface area contributed by atoms with Crippen molar-refractivity contribution in [3.05, 3.63) is 48.0 Å². The van der Waals surface area contributed by atoms with Crippen LogP contribution in [0.3, 0.4) is 0 Å². The normalized spacial score (nSPS) is 11.5. The van der Waals surface area contributed by atoms with Gasteiger partial charge < -0.3 is 0 Å². The summed E-state index contributed by atoms with van der Waals surface area (Å²) in [5, 5.41) is 10.8. The predicted molar refractivity (Wildman–Crippen MR) is 70.8 cm³/mol. The molecule has 4 aromatic rings. The summed E-state index contributed by atoms with van der Waals surface area (Å²) in [6.07, 6.45) is 2.07. The summed E-state index contributed by atoms with van der Waals surface area (Å²) in [6.45, 7) is 0. The van der Waals surface area contributed by atoms with E-state index >= 15 is 0 Å². The van der Waals surface area contributed by atoms with Gasteiger partial charge in [0.05, 0.1) is 15.7 Å². The molecule has 82 valence electrons. The average molecular weight is 239 g/mol. The zero-order valence-electron chi connectivity index (χ0n) is 8.92. The molecule has 0 bridgehead atoms. The second kappa shape index (κ2) is 3.21. The third-order valence-electron chi connectivity index (χ3n) is 2.98. The molecule has 0 fully saturated rings. The van der Waals surface area contributed by atoms with E-state index in [0.717, 1.165) is 11.3 Å². The number of aromatic nitrogens is 3. The number of aromatic amines is 1. The van der Waals surface area contributed by atoms with Crippen LogP contribution in [-0.2, 0) is 0 Å². The maximum absolute atomic E-state index is 4.40. The van der Waals surface area contributed by atoms with Gasteiger partial charge in [-0.1, -0.05) is 18.2 Å². The van der Waals surface area contributed by atoms with Crippen molar-refractivity contribution in [2.45, 2.75) is 0 Å². The minimum absolute atomic E-state index is 0.983. The molecule has 1 aromatic carbocycles. The molecule has 4 rings (SSSR count). The number of fused-ring (bicyclic) bond motifs is 2. The van der Waals surface area contributed by atoms with Crippen molar-refractivity contribution in [3.8, 4) is 5.82 Å². The second-order valence-electron chi connectivity index (χ2n) is 3.96. The van der Waals surface area contributed by atoms with Gasteiger partial charge in [-0.05, 0) is 29.0 Å². The Balaban J connectivity index is 2.09. The van der Waals surface area contributed by atoms with Gasteiger partial charge in [0, 0.05) is 6.20 Å². The number of rotatable bonds is 1. The average Bonchev–Trinajstić information content (AvgIpc) is 3.02. The highest BCUT2D eigenvalue weighted by molar-refractivity contribution is 7.17.